The predicted molar refractivity (Wildman–Crippen MR) is 47.0 cm³/mol. The van der Waals surface area contributed by atoms with Gasteiger partial charge in [0.1, 0.15) is 5.69 Å². The van der Waals surface area contributed by atoms with Crippen LogP contribution < -0.4 is 5.56 Å². The number of halogens is 3. The quantitative estimate of drug-likeness (QED) is 0.684. The van der Waals surface area contributed by atoms with E-state index in [9.17, 15) is 22.5 Å². The predicted octanol–water partition coefficient (Wildman–Crippen LogP) is 0.373. The van der Waals surface area contributed by atoms with Crippen molar-refractivity contribution < 1.29 is 27.5 Å². The van der Waals surface area contributed by atoms with Crippen LogP contribution in [0.15, 0.2) is 10.9 Å². The first-order valence-electron chi connectivity index (χ1n) is 4.01. The Bertz CT molecular complexity index is 471. The summed E-state index contributed by atoms with van der Waals surface area (Å²) in [6, 6.07) is 0.333. The highest BCUT2D eigenvalue weighted by molar-refractivity contribution is 7.51. The van der Waals surface area contributed by atoms with E-state index >= 15 is 0 Å². The third-order valence-electron chi connectivity index (χ3n) is 1.71. The van der Waals surface area contributed by atoms with Gasteiger partial charge in [0.15, 0.2) is 0 Å². The molecule has 0 atom stereocenters. The zero-order valence-electron chi connectivity index (χ0n) is 7.73. The summed E-state index contributed by atoms with van der Waals surface area (Å²) in [4.78, 5) is 28.0. The largest absolute Gasteiger partial charge is 0.432 e. The number of nitrogens with zero attached hydrogens (tertiary/aromatic N) is 1. The first-order chi connectivity index (χ1) is 7.09. The van der Waals surface area contributed by atoms with Crippen LogP contribution in [0.25, 0.3) is 0 Å². The summed E-state index contributed by atoms with van der Waals surface area (Å²) >= 11 is 0. The zero-order valence-corrected chi connectivity index (χ0v) is 8.63. The Morgan fingerprint density at radius 1 is 1.44 bits per heavy atom. The summed E-state index contributed by atoms with van der Waals surface area (Å²) in [7, 11) is -4.34. The topological polar surface area (TPSA) is 95.3 Å². The Morgan fingerprint density at radius 2 is 2.00 bits per heavy atom. The molecule has 3 N–H and O–H groups in total. The molecular formula is C6H8F3N2O4P. The molecule has 0 aromatic carbocycles. The van der Waals surface area contributed by atoms with Crippen LogP contribution in [-0.4, -0.2) is 25.7 Å². The van der Waals surface area contributed by atoms with Crippen molar-refractivity contribution in [3.63, 3.8) is 0 Å². The zero-order chi connectivity index (χ0) is 12.6. The molecule has 92 valence electrons. The molecule has 0 unspecified atom stereocenters. The van der Waals surface area contributed by atoms with Crippen LogP contribution in [0, 0.1) is 0 Å². The number of aromatic nitrogens is 2. The molecule has 0 saturated heterocycles. The molecule has 1 rings (SSSR count). The van der Waals surface area contributed by atoms with E-state index < -0.39 is 37.7 Å². The number of rotatable bonds is 3. The van der Waals surface area contributed by atoms with Crippen LogP contribution in [0.5, 0.6) is 0 Å². The molecule has 16 heavy (non-hydrogen) atoms. The smallest absolute Gasteiger partial charge is 0.324 e. The fourth-order valence-corrected chi connectivity index (χ4v) is 1.44. The van der Waals surface area contributed by atoms with Gasteiger partial charge >= 0.3 is 13.8 Å². The summed E-state index contributed by atoms with van der Waals surface area (Å²) in [5.41, 5.74) is -2.23. The minimum atomic E-state index is -4.69. The van der Waals surface area contributed by atoms with Gasteiger partial charge in [-0.05, 0) is 0 Å². The number of aromatic amines is 1. The number of alkyl halides is 3. The lowest BCUT2D eigenvalue weighted by Crippen LogP contribution is -2.18. The molecule has 10 heteroatoms. The van der Waals surface area contributed by atoms with Crippen LogP contribution in [0.4, 0.5) is 13.2 Å². The Hall–Kier alpha value is -1.05. The molecule has 0 bridgehead atoms. The third kappa shape index (κ3) is 3.51. The number of aryl methyl sites for hydroxylation is 1. The molecule has 0 radical (unpaired) electrons. The molecule has 0 aliphatic carbocycles. The van der Waals surface area contributed by atoms with Gasteiger partial charge < -0.3 is 9.79 Å². The monoisotopic (exact) mass is 260 g/mol. The summed E-state index contributed by atoms with van der Waals surface area (Å²) in [6.45, 7) is -0.501. The second-order valence-electron chi connectivity index (χ2n) is 3.05. The van der Waals surface area contributed by atoms with Gasteiger partial charge in [-0.3, -0.25) is 19.1 Å². The lowest BCUT2D eigenvalue weighted by Gasteiger charge is -2.05. The van der Waals surface area contributed by atoms with Crippen molar-refractivity contribution in [2.24, 2.45) is 0 Å². The molecule has 1 aromatic rings. The van der Waals surface area contributed by atoms with Crippen molar-refractivity contribution in [3.05, 3.63) is 22.1 Å². The van der Waals surface area contributed by atoms with Crippen molar-refractivity contribution in [2.45, 2.75) is 12.7 Å². The molecule has 0 aliphatic heterocycles. The fraction of sp³-hybridized carbons (Fsp3) is 0.500. The fourth-order valence-electron chi connectivity index (χ4n) is 0.976. The number of nitrogens with one attached hydrogen (secondary N) is 1. The average molecular weight is 260 g/mol. The van der Waals surface area contributed by atoms with Gasteiger partial charge in [-0.2, -0.15) is 13.2 Å². The second kappa shape index (κ2) is 4.08. The molecular weight excluding hydrogens is 252 g/mol. The first kappa shape index (κ1) is 13.0. The van der Waals surface area contributed by atoms with Crippen LogP contribution in [-0.2, 0) is 17.3 Å². The maximum absolute atomic E-state index is 12.1. The van der Waals surface area contributed by atoms with Gasteiger partial charge in [-0.1, -0.05) is 0 Å². The lowest BCUT2D eigenvalue weighted by molar-refractivity contribution is -0.141. The van der Waals surface area contributed by atoms with Crippen LogP contribution in [0.2, 0.25) is 0 Å². The van der Waals surface area contributed by atoms with Gasteiger partial charge in [-0.15, -0.1) is 0 Å². The molecule has 0 spiro atoms. The van der Waals surface area contributed by atoms with E-state index in [1.165, 1.54) is 0 Å². The lowest BCUT2D eigenvalue weighted by atomic mass is 10.4. The molecule has 1 heterocycles. The average Bonchev–Trinajstić information content (AvgIpc) is 2.41. The maximum atomic E-state index is 12.1. The van der Waals surface area contributed by atoms with E-state index in [0.717, 1.165) is 0 Å². The standard InChI is InChI=1S/C6H8F3N2O4P/c7-6(8,9)4-3-5(12)11(10-4)1-2-16(13,14)15/h3,10H,1-2H2,(H2,13,14,15). The molecule has 0 fully saturated rings. The Balaban J connectivity index is 2.88. The Labute approximate surface area is 86.8 Å². The van der Waals surface area contributed by atoms with Crippen molar-refractivity contribution in [1.29, 1.82) is 0 Å². The van der Waals surface area contributed by atoms with Crippen LogP contribution in [0.1, 0.15) is 5.69 Å². The molecule has 6 nitrogen and oxygen atoms in total. The van der Waals surface area contributed by atoms with Gasteiger partial charge in [0.25, 0.3) is 5.56 Å². The Morgan fingerprint density at radius 3 is 2.38 bits per heavy atom. The van der Waals surface area contributed by atoms with Gasteiger partial charge in [0.2, 0.25) is 0 Å². The van der Waals surface area contributed by atoms with Crippen molar-refractivity contribution in [2.75, 3.05) is 6.16 Å². The highest BCUT2D eigenvalue weighted by atomic mass is 31.2. The summed E-state index contributed by atoms with van der Waals surface area (Å²) in [5.74, 6) is 0. The number of hydrogen-bond acceptors (Lipinski definition) is 2. The normalized spacial score (nSPS) is 13.1. The number of H-pyrrole nitrogens is 1. The Kier molecular flexibility index (Phi) is 3.32. The molecule has 0 amide bonds. The summed E-state index contributed by atoms with van der Waals surface area (Å²) in [5, 5.41) is 1.73. The minimum absolute atomic E-state index is 0.333. The molecule has 1 aromatic heterocycles. The van der Waals surface area contributed by atoms with Crippen molar-refractivity contribution in [1.82, 2.24) is 9.78 Å². The van der Waals surface area contributed by atoms with Crippen molar-refractivity contribution >= 4 is 7.60 Å². The van der Waals surface area contributed by atoms with E-state index in [-0.39, 0.29) is 0 Å². The van der Waals surface area contributed by atoms with Gasteiger partial charge in [0.05, 0.1) is 12.7 Å². The van der Waals surface area contributed by atoms with Crippen LogP contribution in [0.3, 0.4) is 0 Å². The van der Waals surface area contributed by atoms with Crippen molar-refractivity contribution in [3.8, 4) is 0 Å². The molecule has 0 saturated carbocycles. The van der Waals surface area contributed by atoms with E-state index in [1.807, 2.05) is 0 Å². The summed E-state index contributed by atoms with van der Waals surface area (Å²) < 4.78 is 47.3. The van der Waals surface area contributed by atoms with Gasteiger partial charge in [0, 0.05) is 6.07 Å². The molecule has 0 aliphatic rings. The summed E-state index contributed by atoms with van der Waals surface area (Å²) in [6.07, 6.45) is -5.39. The first-order valence-corrected chi connectivity index (χ1v) is 5.81. The third-order valence-corrected chi connectivity index (χ3v) is 2.49. The van der Waals surface area contributed by atoms with E-state index in [4.69, 9.17) is 9.79 Å². The van der Waals surface area contributed by atoms with Crippen LogP contribution >= 0.6 is 7.60 Å². The van der Waals surface area contributed by atoms with E-state index in [1.54, 1.807) is 5.10 Å². The second-order valence-corrected chi connectivity index (χ2v) is 4.82. The number of hydrogen-bond donors (Lipinski definition) is 3. The SMILES string of the molecule is O=c1cc(C(F)(F)F)[nH]n1CCP(=O)(O)O. The maximum Gasteiger partial charge on any atom is 0.432 e. The minimum Gasteiger partial charge on any atom is -0.324 e. The van der Waals surface area contributed by atoms with E-state index in [0.29, 0.717) is 10.7 Å². The highest BCUT2D eigenvalue weighted by Crippen LogP contribution is 2.34. The van der Waals surface area contributed by atoms with Gasteiger partial charge in [-0.25, -0.2) is 0 Å². The highest BCUT2D eigenvalue weighted by Gasteiger charge is 2.33. The van der Waals surface area contributed by atoms with E-state index in [2.05, 4.69) is 0 Å².